The molecule has 1 saturated heterocycles. The number of ether oxygens (including phenoxy) is 1. The second-order valence-corrected chi connectivity index (χ2v) is 6.14. The maximum Gasteiger partial charge on any atom is 0.329 e. The molecule has 1 aromatic carbocycles. The van der Waals surface area contributed by atoms with Gasteiger partial charge in [-0.2, -0.15) is 11.8 Å². The fourth-order valence-corrected chi connectivity index (χ4v) is 3.49. The standard InChI is InChI=1S/C15H19NO4S/c1-2-20-12-5-3-4-11(10-12)13(17)16-15(14(18)19)6-8-21-9-7-15/h3-5,10H,2,6-9H2,1H3,(H,16,17)(H,18,19). The van der Waals surface area contributed by atoms with E-state index >= 15 is 0 Å². The molecular formula is C15H19NO4S. The van der Waals surface area contributed by atoms with Crippen LogP contribution in [0.4, 0.5) is 0 Å². The first-order chi connectivity index (χ1) is 10.1. The molecule has 0 atom stereocenters. The normalized spacial score (nSPS) is 17.0. The first-order valence-corrected chi connectivity index (χ1v) is 8.09. The summed E-state index contributed by atoms with van der Waals surface area (Å²) in [5, 5.41) is 12.2. The molecule has 0 unspecified atom stereocenters. The number of aliphatic carboxylic acids is 1. The van der Waals surface area contributed by atoms with E-state index in [9.17, 15) is 14.7 Å². The van der Waals surface area contributed by atoms with Gasteiger partial charge in [0.25, 0.3) is 5.91 Å². The van der Waals surface area contributed by atoms with E-state index in [0.29, 0.717) is 30.8 Å². The lowest BCUT2D eigenvalue weighted by atomic mass is 9.92. The van der Waals surface area contributed by atoms with Gasteiger partial charge in [-0.1, -0.05) is 6.07 Å². The Bertz CT molecular complexity index is 526. The largest absolute Gasteiger partial charge is 0.494 e. The van der Waals surface area contributed by atoms with E-state index in [1.54, 1.807) is 36.0 Å². The van der Waals surface area contributed by atoms with Crippen molar-refractivity contribution in [1.29, 1.82) is 0 Å². The van der Waals surface area contributed by atoms with Crippen molar-refractivity contribution in [3.8, 4) is 5.75 Å². The van der Waals surface area contributed by atoms with Gasteiger partial charge < -0.3 is 15.2 Å². The Kier molecular flexibility index (Phi) is 5.12. The summed E-state index contributed by atoms with van der Waals surface area (Å²) in [5.41, 5.74) is -0.732. The van der Waals surface area contributed by atoms with Crippen molar-refractivity contribution in [2.24, 2.45) is 0 Å². The number of nitrogens with one attached hydrogen (secondary N) is 1. The predicted octanol–water partition coefficient (Wildman–Crippen LogP) is 2.17. The number of benzene rings is 1. The van der Waals surface area contributed by atoms with E-state index in [1.807, 2.05) is 6.92 Å². The minimum absolute atomic E-state index is 0.370. The van der Waals surface area contributed by atoms with Crippen LogP contribution in [0.15, 0.2) is 24.3 Å². The Morgan fingerprint density at radius 1 is 1.38 bits per heavy atom. The average molecular weight is 309 g/mol. The maximum absolute atomic E-state index is 12.3. The fourth-order valence-electron chi connectivity index (χ4n) is 2.30. The number of carbonyl (C=O) groups is 2. The van der Waals surface area contributed by atoms with Gasteiger partial charge in [0.05, 0.1) is 6.61 Å². The van der Waals surface area contributed by atoms with E-state index in [4.69, 9.17) is 4.74 Å². The van der Waals surface area contributed by atoms with Crippen LogP contribution in [0.25, 0.3) is 0 Å². The molecule has 6 heteroatoms. The molecule has 2 rings (SSSR count). The zero-order valence-corrected chi connectivity index (χ0v) is 12.7. The van der Waals surface area contributed by atoms with Crippen LogP contribution in [0.5, 0.6) is 5.75 Å². The summed E-state index contributed by atoms with van der Waals surface area (Å²) in [6.45, 7) is 2.38. The smallest absolute Gasteiger partial charge is 0.329 e. The topological polar surface area (TPSA) is 75.6 Å². The van der Waals surface area contributed by atoms with Crippen molar-refractivity contribution in [2.45, 2.75) is 25.3 Å². The Labute approximate surface area is 128 Å². The monoisotopic (exact) mass is 309 g/mol. The molecule has 0 saturated carbocycles. The van der Waals surface area contributed by atoms with Crippen molar-refractivity contribution in [1.82, 2.24) is 5.32 Å². The van der Waals surface area contributed by atoms with Crippen LogP contribution in [0.2, 0.25) is 0 Å². The Balaban J connectivity index is 2.15. The van der Waals surface area contributed by atoms with Crippen LogP contribution in [0, 0.1) is 0 Å². The van der Waals surface area contributed by atoms with Gasteiger partial charge >= 0.3 is 5.97 Å². The van der Waals surface area contributed by atoms with Crippen LogP contribution < -0.4 is 10.1 Å². The van der Waals surface area contributed by atoms with E-state index in [0.717, 1.165) is 11.5 Å². The summed E-state index contributed by atoms with van der Waals surface area (Å²) in [5.74, 6) is 0.758. The summed E-state index contributed by atoms with van der Waals surface area (Å²) in [6, 6.07) is 6.78. The minimum atomic E-state index is -1.15. The summed E-state index contributed by atoms with van der Waals surface area (Å²) >= 11 is 1.71. The van der Waals surface area contributed by atoms with E-state index in [2.05, 4.69) is 5.32 Å². The third-order valence-corrected chi connectivity index (χ3v) is 4.50. The highest BCUT2D eigenvalue weighted by Gasteiger charge is 2.41. The highest BCUT2D eigenvalue weighted by Crippen LogP contribution is 2.28. The number of rotatable bonds is 5. The van der Waals surface area contributed by atoms with Crippen molar-refractivity contribution in [3.63, 3.8) is 0 Å². The Hall–Kier alpha value is -1.69. The highest BCUT2D eigenvalue weighted by atomic mass is 32.2. The average Bonchev–Trinajstić information content (AvgIpc) is 2.48. The van der Waals surface area contributed by atoms with Crippen LogP contribution in [-0.2, 0) is 4.79 Å². The van der Waals surface area contributed by atoms with Gasteiger partial charge in [-0.3, -0.25) is 4.79 Å². The number of amides is 1. The maximum atomic E-state index is 12.3. The summed E-state index contributed by atoms with van der Waals surface area (Å²) in [4.78, 5) is 23.9. The van der Waals surface area contributed by atoms with E-state index in [-0.39, 0.29) is 5.91 Å². The molecule has 1 aromatic rings. The van der Waals surface area contributed by atoms with Gasteiger partial charge in [0.15, 0.2) is 0 Å². The van der Waals surface area contributed by atoms with Crippen LogP contribution in [0.1, 0.15) is 30.1 Å². The lowest BCUT2D eigenvalue weighted by Gasteiger charge is -2.33. The predicted molar refractivity (Wildman–Crippen MR) is 82.0 cm³/mol. The second-order valence-electron chi connectivity index (χ2n) is 4.91. The zero-order valence-electron chi connectivity index (χ0n) is 11.9. The first kappa shape index (κ1) is 15.7. The Morgan fingerprint density at radius 3 is 2.71 bits per heavy atom. The number of carboxylic acids is 1. The number of thioether (sulfide) groups is 1. The van der Waals surface area contributed by atoms with Crippen molar-refractivity contribution in [3.05, 3.63) is 29.8 Å². The summed E-state index contributed by atoms with van der Waals surface area (Å²) in [7, 11) is 0. The molecule has 0 bridgehead atoms. The van der Waals surface area contributed by atoms with Gasteiger partial charge in [-0.05, 0) is 49.5 Å². The van der Waals surface area contributed by atoms with Crippen molar-refractivity contribution in [2.75, 3.05) is 18.1 Å². The Morgan fingerprint density at radius 2 is 2.10 bits per heavy atom. The van der Waals surface area contributed by atoms with Gasteiger partial charge in [-0.15, -0.1) is 0 Å². The molecule has 5 nitrogen and oxygen atoms in total. The summed E-state index contributed by atoms with van der Waals surface area (Å²) in [6.07, 6.45) is 0.897. The molecule has 21 heavy (non-hydrogen) atoms. The number of hydrogen-bond acceptors (Lipinski definition) is 4. The quantitative estimate of drug-likeness (QED) is 0.872. The van der Waals surface area contributed by atoms with Gasteiger partial charge in [0.1, 0.15) is 11.3 Å². The molecular weight excluding hydrogens is 290 g/mol. The zero-order chi connectivity index (χ0) is 15.3. The van der Waals surface area contributed by atoms with Crippen molar-refractivity contribution < 1.29 is 19.4 Å². The minimum Gasteiger partial charge on any atom is -0.494 e. The lowest BCUT2D eigenvalue weighted by molar-refractivity contribution is -0.144. The van der Waals surface area contributed by atoms with Crippen LogP contribution in [-0.4, -0.2) is 40.6 Å². The molecule has 1 amide bonds. The SMILES string of the molecule is CCOc1cccc(C(=O)NC2(C(=O)O)CCSCC2)c1. The molecule has 0 aromatic heterocycles. The lowest BCUT2D eigenvalue weighted by Crippen LogP contribution is -2.56. The first-order valence-electron chi connectivity index (χ1n) is 6.94. The van der Waals surface area contributed by atoms with Crippen molar-refractivity contribution >= 4 is 23.6 Å². The summed E-state index contributed by atoms with van der Waals surface area (Å²) < 4.78 is 5.36. The van der Waals surface area contributed by atoms with E-state index in [1.165, 1.54) is 0 Å². The molecule has 1 aliphatic heterocycles. The fraction of sp³-hybridized carbons (Fsp3) is 0.467. The van der Waals surface area contributed by atoms with E-state index < -0.39 is 11.5 Å². The molecule has 1 fully saturated rings. The van der Waals surface area contributed by atoms with Gasteiger partial charge in [0, 0.05) is 5.56 Å². The molecule has 0 spiro atoms. The molecule has 0 radical (unpaired) electrons. The molecule has 1 aliphatic rings. The van der Waals surface area contributed by atoms with Gasteiger partial charge in [-0.25, -0.2) is 4.79 Å². The van der Waals surface area contributed by atoms with Gasteiger partial charge in [0.2, 0.25) is 0 Å². The number of carbonyl (C=O) groups excluding carboxylic acids is 1. The molecule has 1 heterocycles. The second kappa shape index (κ2) is 6.85. The van der Waals surface area contributed by atoms with Crippen LogP contribution in [0.3, 0.4) is 0 Å². The highest BCUT2D eigenvalue weighted by molar-refractivity contribution is 7.99. The third-order valence-electron chi connectivity index (χ3n) is 3.52. The molecule has 2 N–H and O–H groups in total. The third kappa shape index (κ3) is 3.69. The van der Waals surface area contributed by atoms with Crippen LogP contribution >= 0.6 is 11.8 Å². The number of hydrogen-bond donors (Lipinski definition) is 2. The number of carboxylic acid groups (broad SMARTS) is 1. The molecule has 114 valence electrons. The molecule has 0 aliphatic carbocycles.